The highest BCUT2D eigenvalue weighted by atomic mass is 16.7. The third kappa shape index (κ3) is 5.11. The summed E-state index contributed by atoms with van der Waals surface area (Å²) in [6.07, 6.45) is -8.58. The van der Waals surface area contributed by atoms with Crippen molar-refractivity contribution in [2.24, 2.45) is 0 Å². The second-order valence-electron chi connectivity index (χ2n) is 7.89. The zero-order valence-corrected chi connectivity index (χ0v) is 17.3. The molecule has 0 radical (unpaired) electrons. The van der Waals surface area contributed by atoms with Gasteiger partial charge in [0.2, 0.25) is 6.29 Å². The van der Waals surface area contributed by atoms with E-state index < -0.39 is 48.1 Å². The molecular weight excluding hydrogens is 404 g/mol. The maximum atomic E-state index is 12.8. The summed E-state index contributed by atoms with van der Waals surface area (Å²) in [7, 11) is 0. The van der Waals surface area contributed by atoms with Gasteiger partial charge in [0.1, 0.15) is 24.9 Å². The number of hydrogen-bond donors (Lipinski definition) is 3. The molecule has 2 aromatic carbocycles. The first-order valence-corrected chi connectivity index (χ1v) is 9.88. The highest BCUT2D eigenvalue weighted by Gasteiger charge is 2.50. The molecule has 1 saturated heterocycles. The second-order valence-corrected chi connectivity index (χ2v) is 7.89. The first-order valence-electron chi connectivity index (χ1n) is 9.88. The van der Waals surface area contributed by atoms with Crippen LogP contribution in [0.15, 0.2) is 60.7 Å². The molecule has 0 unspecified atom stereocenters. The number of carbonyl (C=O) groups is 2. The van der Waals surface area contributed by atoms with Crippen LogP contribution in [0.2, 0.25) is 0 Å². The minimum atomic E-state index is -1.78. The van der Waals surface area contributed by atoms with Crippen molar-refractivity contribution in [3.63, 3.8) is 0 Å². The highest BCUT2D eigenvalue weighted by Crippen LogP contribution is 2.29. The number of carbonyl (C=O) groups excluding carboxylic acids is 2. The molecule has 1 heterocycles. The summed E-state index contributed by atoms with van der Waals surface area (Å²) in [5.41, 5.74) is 0.299. The third-order valence-corrected chi connectivity index (χ3v) is 5.25. The van der Waals surface area contributed by atoms with E-state index in [1.807, 2.05) is 12.1 Å². The summed E-state index contributed by atoms with van der Waals surface area (Å²) in [6, 6.07) is 17.7. The molecule has 2 aromatic rings. The zero-order chi connectivity index (χ0) is 22.6. The van der Waals surface area contributed by atoms with Crippen LogP contribution in [-0.2, 0) is 35.8 Å². The number of esters is 2. The van der Waals surface area contributed by atoms with Gasteiger partial charge in [0, 0.05) is 0 Å². The van der Waals surface area contributed by atoms with Crippen LogP contribution in [-0.4, -0.2) is 58.0 Å². The van der Waals surface area contributed by atoms with E-state index in [0.717, 1.165) is 0 Å². The molecule has 3 N–H and O–H groups in total. The Balaban J connectivity index is 1.69. The number of benzene rings is 2. The van der Waals surface area contributed by atoms with E-state index in [4.69, 9.17) is 14.2 Å². The molecule has 0 aliphatic carbocycles. The number of rotatable bonds is 6. The maximum absolute atomic E-state index is 12.8. The fourth-order valence-electron chi connectivity index (χ4n) is 3.18. The Morgan fingerprint density at radius 1 is 0.903 bits per heavy atom. The molecule has 166 valence electrons. The molecule has 1 aliphatic heterocycles. The van der Waals surface area contributed by atoms with Crippen molar-refractivity contribution in [2.75, 3.05) is 0 Å². The molecule has 8 nitrogen and oxygen atoms in total. The van der Waals surface area contributed by atoms with E-state index in [1.54, 1.807) is 62.4 Å². The van der Waals surface area contributed by atoms with Crippen LogP contribution in [0.1, 0.15) is 25.0 Å². The minimum absolute atomic E-state index is 0.0730. The van der Waals surface area contributed by atoms with Crippen LogP contribution in [0.4, 0.5) is 0 Å². The molecule has 0 amide bonds. The lowest BCUT2D eigenvalue weighted by molar-refractivity contribution is -0.289. The zero-order valence-electron chi connectivity index (χ0n) is 17.3. The average molecular weight is 430 g/mol. The molecule has 0 bridgehead atoms. The largest absolute Gasteiger partial charge is 0.459 e. The summed E-state index contributed by atoms with van der Waals surface area (Å²) in [5.74, 6) is -1.69. The predicted molar refractivity (Wildman–Crippen MR) is 108 cm³/mol. The smallest absolute Gasteiger partial charge is 0.338 e. The van der Waals surface area contributed by atoms with E-state index >= 15 is 0 Å². The van der Waals surface area contributed by atoms with Crippen molar-refractivity contribution >= 4 is 11.9 Å². The third-order valence-electron chi connectivity index (χ3n) is 5.25. The van der Waals surface area contributed by atoms with Crippen molar-refractivity contribution in [2.45, 2.75) is 56.6 Å². The maximum Gasteiger partial charge on any atom is 0.338 e. The van der Waals surface area contributed by atoms with Gasteiger partial charge in [0.15, 0.2) is 6.10 Å². The van der Waals surface area contributed by atoms with Gasteiger partial charge in [-0.15, -0.1) is 0 Å². The predicted octanol–water partition coefficient (Wildman–Crippen LogP) is 1.06. The SMILES string of the molecule is CC(C)(C(=O)O[C@@H]1O[C@H](C(=O)OCc2ccccc2)[C@@H](O)[C@H](O)[C@H]1O)c1ccccc1. The van der Waals surface area contributed by atoms with Gasteiger partial charge in [-0.1, -0.05) is 60.7 Å². The molecule has 1 fully saturated rings. The Labute approximate surface area is 180 Å². The summed E-state index contributed by atoms with van der Waals surface area (Å²) >= 11 is 0. The van der Waals surface area contributed by atoms with E-state index in [1.165, 1.54) is 0 Å². The molecule has 5 atom stereocenters. The summed E-state index contributed by atoms with van der Waals surface area (Å²) in [4.78, 5) is 25.2. The van der Waals surface area contributed by atoms with Crippen molar-refractivity contribution in [3.05, 3.63) is 71.8 Å². The van der Waals surface area contributed by atoms with Crippen LogP contribution in [0.25, 0.3) is 0 Å². The van der Waals surface area contributed by atoms with Crippen molar-refractivity contribution < 1.29 is 39.1 Å². The quantitative estimate of drug-likeness (QED) is 0.582. The van der Waals surface area contributed by atoms with E-state index in [-0.39, 0.29) is 6.61 Å². The lowest BCUT2D eigenvalue weighted by Crippen LogP contribution is -2.61. The number of ether oxygens (including phenoxy) is 3. The lowest BCUT2D eigenvalue weighted by Gasteiger charge is -2.39. The van der Waals surface area contributed by atoms with Crippen LogP contribution in [0, 0.1) is 0 Å². The summed E-state index contributed by atoms with van der Waals surface area (Å²) < 4.78 is 15.8. The van der Waals surface area contributed by atoms with Gasteiger partial charge in [-0.2, -0.15) is 0 Å². The molecule has 31 heavy (non-hydrogen) atoms. The van der Waals surface area contributed by atoms with Gasteiger partial charge < -0.3 is 29.5 Å². The molecule has 8 heteroatoms. The highest BCUT2D eigenvalue weighted by molar-refractivity contribution is 5.82. The first-order chi connectivity index (χ1) is 14.7. The van der Waals surface area contributed by atoms with Gasteiger partial charge in [0.25, 0.3) is 0 Å². The van der Waals surface area contributed by atoms with E-state index in [0.29, 0.717) is 11.1 Å². The Bertz CT molecular complexity index is 883. The van der Waals surface area contributed by atoms with E-state index in [9.17, 15) is 24.9 Å². The van der Waals surface area contributed by atoms with E-state index in [2.05, 4.69) is 0 Å². The molecular formula is C23H26O8. The fourth-order valence-corrected chi connectivity index (χ4v) is 3.18. The first kappa shape index (κ1) is 22.9. The molecule has 0 spiro atoms. The van der Waals surface area contributed by atoms with Gasteiger partial charge in [-0.25, -0.2) is 4.79 Å². The Kier molecular flexibility index (Phi) is 7.07. The molecule has 0 aromatic heterocycles. The van der Waals surface area contributed by atoms with Gasteiger partial charge in [-0.3, -0.25) is 4.79 Å². The molecule has 3 rings (SSSR count). The fraction of sp³-hybridized carbons (Fsp3) is 0.391. The summed E-state index contributed by atoms with van der Waals surface area (Å²) in [6.45, 7) is 3.20. The van der Waals surface area contributed by atoms with Gasteiger partial charge >= 0.3 is 11.9 Å². The minimum Gasteiger partial charge on any atom is -0.459 e. The number of hydrogen-bond acceptors (Lipinski definition) is 8. The molecule has 0 saturated carbocycles. The van der Waals surface area contributed by atoms with Gasteiger partial charge in [0.05, 0.1) is 5.41 Å². The van der Waals surface area contributed by atoms with Gasteiger partial charge in [-0.05, 0) is 25.0 Å². The van der Waals surface area contributed by atoms with Crippen molar-refractivity contribution in [1.82, 2.24) is 0 Å². The second kappa shape index (κ2) is 9.57. The Hall–Kier alpha value is -2.78. The van der Waals surface area contributed by atoms with Crippen LogP contribution >= 0.6 is 0 Å². The lowest BCUT2D eigenvalue weighted by atomic mass is 9.85. The average Bonchev–Trinajstić information content (AvgIpc) is 2.79. The Morgan fingerprint density at radius 3 is 2.10 bits per heavy atom. The molecule has 1 aliphatic rings. The van der Waals surface area contributed by atoms with Crippen molar-refractivity contribution in [3.8, 4) is 0 Å². The standard InChI is InChI=1S/C23H26O8/c1-23(2,15-11-7-4-8-12-15)22(28)31-21-18(26)16(24)17(25)19(30-21)20(27)29-13-14-9-5-3-6-10-14/h3-12,16-19,21,24-26H,13H2,1-2H3/t16-,17-,18+,19-,21-/m0/s1. The number of aliphatic hydroxyl groups is 3. The van der Waals surface area contributed by atoms with Crippen LogP contribution < -0.4 is 0 Å². The topological polar surface area (TPSA) is 123 Å². The number of aliphatic hydroxyl groups excluding tert-OH is 3. The van der Waals surface area contributed by atoms with Crippen LogP contribution in [0.5, 0.6) is 0 Å². The van der Waals surface area contributed by atoms with Crippen molar-refractivity contribution in [1.29, 1.82) is 0 Å². The van der Waals surface area contributed by atoms with Crippen LogP contribution in [0.3, 0.4) is 0 Å². The summed E-state index contributed by atoms with van der Waals surface area (Å²) in [5, 5.41) is 30.6. The normalized spacial score (nSPS) is 26.2. The Morgan fingerprint density at radius 2 is 1.48 bits per heavy atom. The monoisotopic (exact) mass is 430 g/mol.